The van der Waals surface area contributed by atoms with Gasteiger partial charge < -0.3 is 5.11 Å². The second-order valence-corrected chi connectivity index (χ2v) is 4.16. The van der Waals surface area contributed by atoms with Crippen molar-refractivity contribution in [2.75, 3.05) is 0 Å². The van der Waals surface area contributed by atoms with Gasteiger partial charge in [-0.2, -0.15) is 0 Å². The maximum Gasteiger partial charge on any atom is 0.311 e. The van der Waals surface area contributed by atoms with Crippen molar-refractivity contribution in [2.45, 2.75) is 20.8 Å². The van der Waals surface area contributed by atoms with E-state index in [2.05, 4.69) is 0 Å². The van der Waals surface area contributed by atoms with E-state index in [4.69, 9.17) is 5.11 Å². The number of hydrogen-bond donors (Lipinski definition) is 1. The summed E-state index contributed by atoms with van der Waals surface area (Å²) < 4.78 is 0. The van der Waals surface area contributed by atoms with Crippen LogP contribution in [0.2, 0.25) is 0 Å². The van der Waals surface area contributed by atoms with E-state index < -0.39 is 11.9 Å². The zero-order valence-electron chi connectivity index (χ0n) is 9.48. The molecule has 1 rings (SSSR count). The summed E-state index contributed by atoms with van der Waals surface area (Å²) in [5.74, 6) is -2.88. The fourth-order valence-electron chi connectivity index (χ4n) is 1.81. The highest BCUT2D eigenvalue weighted by atomic mass is 16.4. The van der Waals surface area contributed by atoms with Crippen LogP contribution in [0.25, 0.3) is 0 Å². The molecule has 1 N–H and O–H groups in total. The van der Waals surface area contributed by atoms with Crippen LogP contribution in [-0.4, -0.2) is 22.6 Å². The van der Waals surface area contributed by atoms with Gasteiger partial charge in [0.25, 0.3) is 0 Å². The third-order valence-electron chi connectivity index (χ3n) is 2.67. The lowest BCUT2D eigenvalue weighted by Crippen LogP contribution is -2.29. The molecule has 16 heavy (non-hydrogen) atoms. The molecule has 0 radical (unpaired) electrons. The van der Waals surface area contributed by atoms with E-state index in [9.17, 15) is 14.4 Å². The Balaban J connectivity index is 3.27. The monoisotopic (exact) mass is 222 g/mol. The first kappa shape index (κ1) is 12.4. The summed E-state index contributed by atoms with van der Waals surface area (Å²) in [5.41, 5.74) is 0.364. The van der Waals surface area contributed by atoms with E-state index in [0.29, 0.717) is 0 Å². The van der Waals surface area contributed by atoms with E-state index in [1.54, 1.807) is 13.8 Å². The maximum absolute atomic E-state index is 11.6. The van der Waals surface area contributed by atoms with Gasteiger partial charge in [0.1, 0.15) is 0 Å². The minimum Gasteiger partial charge on any atom is -0.481 e. The van der Waals surface area contributed by atoms with Crippen molar-refractivity contribution < 1.29 is 19.5 Å². The fraction of sp³-hybridized carbons (Fsp3) is 0.417. The molecule has 4 heteroatoms. The lowest BCUT2D eigenvalue weighted by molar-refractivity contribution is -0.142. The first-order chi connectivity index (χ1) is 7.36. The van der Waals surface area contributed by atoms with Gasteiger partial charge in [0.05, 0.1) is 5.92 Å². The van der Waals surface area contributed by atoms with Crippen molar-refractivity contribution in [2.24, 2.45) is 11.8 Å². The average Bonchev–Trinajstić information content (AvgIpc) is 2.17. The molecular formula is C12H14O4. The van der Waals surface area contributed by atoms with Gasteiger partial charge in [-0.25, -0.2) is 0 Å². The van der Waals surface area contributed by atoms with E-state index in [-0.39, 0.29) is 28.6 Å². The Morgan fingerprint density at radius 2 is 1.69 bits per heavy atom. The quantitative estimate of drug-likeness (QED) is 0.732. The van der Waals surface area contributed by atoms with Crippen LogP contribution in [0, 0.1) is 11.8 Å². The number of carbonyl (C=O) groups is 3. The summed E-state index contributed by atoms with van der Waals surface area (Å²) >= 11 is 0. The summed E-state index contributed by atoms with van der Waals surface area (Å²) in [6.07, 6.45) is 2.32. The summed E-state index contributed by atoms with van der Waals surface area (Å²) in [4.78, 5) is 34.2. The standard InChI is InChI=1S/C12H14O4/c1-6(2)10(12(15)16)11-7(3)8(13)4-5-9(11)14/h4-6,10H,1-3H3,(H,15,16). The molecule has 1 unspecified atom stereocenters. The molecule has 0 spiro atoms. The van der Waals surface area contributed by atoms with Crippen molar-refractivity contribution in [1.82, 2.24) is 0 Å². The molecule has 0 aromatic heterocycles. The van der Waals surface area contributed by atoms with E-state index in [0.717, 1.165) is 6.08 Å². The molecule has 0 heterocycles. The van der Waals surface area contributed by atoms with Gasteiger partial charge in [-0.15, -0.1) is 0 Å². The zero-order valence-corrected chi connectivity index (χ0v) is 9.48. The first-order valence-corrected chi connectivity index (χ1v) is 5.06. The van der Waals surface area contributed by atoms with Gasteiger partial charge in [0, 0.05) is 11.1 Å². The summed E-state index contributed by atoms with van der Waals surface area (Å²) in [5, 5.41) is 9.10. The van der Waals surface area contributed by atoms with Crippen molar-refractivity contribution in [3.63, 3.8) is 0 Å². The van der Waals surface area contributed by atoms with Crippen molar-refractivity contribution in [3.8, 4) is 0 Å². The van der Waals surface area contributed by atoms with Crippen LogP contribution < -0.4 is 0 Å². The molecule has 1 aliphatic carbocycles. The number of ketones is 2. The molecule has 0 saturated heterocycles. The number of carboxylic acids is 1. The lowest BCUT2D eigenvalue weighted by atomic mass is 9.80. The SMILES string of the molecule is CC1=C(C(C(=O)O)C(C)C)C(=O)C=CC1=O. The number of hydrogen-bond acceptors (Lipinski definition) is 3. The smallest absolute Gasteiger partial charge is 0.311 e. The molecule has 1 atom stereocenters. The summed E-state index contributed by atoms with van der Waals surface area (Å²) in [7, 11) is 0. The normalized spacial score (nSPS) is 18.2. The van der Waals surface area contributed by atoms with E-state index in [1.165, 1.54) is 13.0 Å². The van der Waals surface area contributed by atoms with Crippen LogP contribution in [0.5, 0.6) is 0 Å². The van der Waals surface area contributed by atoms with Gasteiger partial charge in [-0.05, 0) is 25.0 Å². The van der Waals surface area contributed by atoms with Crippen molar-refractivity contribution in [3.05, 3.63) is 23.3 Å². The fourth-order valence-corrected chi connectivity index (χ4v) is 1.81. The van der Waals surface area contributed by atoms with Gasteiger partial charge in [0.15, 0.2) is 11.6 Å². The van der Waals surface area contributed by atoms with Crippen LogP contribution >= 0.6 is 0 Å². The number of carbonyl (C=O) groups excluding carboxylic acids is 2. The molecule has 0 bridgehead atoms. The highest BCUT2D eigenvalue weighted by molar-refractivity contribution is 6.21. The Hall–Kier alpha value is -1.71. The largest absolute Gasteiger partial charge is 0.481 e. The van der Waals surface area contributed by atoms with Gasteiger partial charge >= 0.3 is 5.97 Å². The molecule has 0 aromatic rings. The second-order valence-electron chi connectivity index (χ2n) is 4.16. The molecular weight excluding hydrogens is 208 g/mol. The van der Waals surface area contributed by atoms with Crippen molar-refractivity contribution in [1.29, 1.82) is 0 Å². The molecule has 0 aromatic carbocycles. The number of carboxylic acid groups (broad SMARTS) is 1. The van der Waals surface area contributed by atoms with Crippen LogP contribution in [0.4, 0.5) is 0 Å². The Bertz CT molecular complexity index is 413. The first-order valence-electron chi connectivity index (χ1n) is 5.06. The van der Waals surface area contributed by atoms with Crippen LogP contribution in [0.3, 0.4) is 0 Å². The molecule has 1 aliphatic rings. The average molecular weight is 222 g/mol. The highest BCUT2D eigenvalue weighted by Gasteiger charge is 2.33. The van der Waals surface area contributed by atoms with Gasteiger partial charge in [-0.1, -0.05) is 13.8 Å². The van der Waals surface area contributed by atoms with Gasteiger partial charge in [0.2, 0.25) is 0 Å². The minimum absolute atomic E-state index is 0.120. The number of rotatable bonds is 3. The Morgan fingerprint density at radius 3 is 2.12 bits per heavy atom. The number of allylic oxidation sites excluding steroid dienone is 3. The summed E-state index contributed by atoms with van der Waals surface area (Å²) in [6, 6.07) is 0. The summed E-state index contributed by atoms with van der Waals surface area (Å²) in [6.45, 7) is 4.93. The maximum atomic E-state index is 11.6. The Labute approximate surface area is 93.6 Å². The third kappa shape index (κ3) is 2.10. The molecule has 4 nitrogen and oxygen atoms in total. The van der Waals surface area contributed by atoms with E-state index in [1.807, 2.05) is 0 Å². The van der Waals surface area contributed by atoms with Crippen LogP contribution in [0.1, 0.15) is 20.8 Å². The minimum atomic E-state index is -1.07. The van der Waals surface area contributed by atoms with E-state index >= 15 is 0 Å². The lowest BCUT2D eigenvalue weighted by Gasteiger charge is -2.21. The molecule has 86 valence electrons. The third-order valence-corrected chi connectivity index (χ3v) is 2.67. The predicted octanol–water partition coefficient (Wildman–Crippen LogP) is 1.37. The zero-order chi connectivity index (χ0) is 12.5. The molecule has 0 amide bonds. The topological polar surface area (TPSA) is 71.4 Å². The van der Waals surface area contributed by atoms with Crippen LogP contribution in [0.15, 0.2) is 23.3 Å². The molecule has 0 aliphatic heterocycles. The Morgan fingerprint density at radius 1 is 1.19 bits per heavy atom. The predicted molar refractivity (Wildman–Crippen MR) is 57.8 cm³/mol. The second kappa shape index (κ2) is 4.43. The molecule has 0 saturated carbocycles. The van der Waals surface area contributed by atoms with Crippen LogP contribution in [-0.2, 0) is 14.4 Å². The molecule has 0 fully saturated rings. The van der Waals surface area contributed by atoms with Crippen molar-refractivity contribution >= 4 is 17.5 Å². The highest BCUT2D eigenvalue weighted by Crippen LogP contribution is 2.27. The number of aliphatic carboxylic acids is 1. The Kier molecular flexibility index (Phi) is 3.42. The van der Waals surface area contributed by atoms with Gasteiger partial charge in [-0.3, -0.25) is 14.4 Å².